The van der Waals surface area contributed by atoms with Crippen LogP contribution in [-0.2, 0) is 30.3 Å². The number of alkyl carbamates (subject to hydrolysis) is 1. The summed E-state index contributed by atoms with van der Waals surface area (Å²) >= 11 is 21.3. The zero-order valence-electron chi connectivity index (χ0n) is 26.5. The number of amides is 3. The number of aromatic hydroxyl groups is 2. The molecule has 0 saturated carbocycles. The first-order chi connectivity index (χ1) is 22.8. The molecule has 2 aliphatic heterocycles. The van der Waals surface area contributed by atoms with Gasteiger partial charge in [0.15, 0.2) is 23.0 Å². The van der Waals surface area contributed by atoms with Gasteiger partial charge in [-0.3, -0.25) is 9.59 Å². The van der Waals surface area contributed by atoms with Gasteiger partial charge in [-0.25, -0.2) is 9.59 Å². The molecule has 2 heterocycles. The van der Waals surface area contributed by atoms with Crippen LogP contribution in [0.4, 0.5) is 4.79 Å². The summed E-state index contributed by atoms with van der Waals surface area (Å²) in [5.41, 5.74) is -0.160. The number of benzene rings is 3. The molecule has 4 N–H and O–H groups in total. The fraction of sp³-hybridized carbons (Fsp3) is 0.312. The summed E-state index contributed by atoms with van der Waals surface area (Å²) in [6.07, 6.45) is -0.999. The number of halogens is 5. The maximum absolute atomic E-state index is 14.4. The predicted octanol–water partition coefficient (Wildman–Crippen LogP) is 7.31. The summed E-state index contributed by atoms with van der Waals surface area (Å²) < 4.78 is 17.7. The van der Waals surface area contributed by atoms with Crippen molar-refractivity contribution < 1.29 is 43.6 Å². The average molecular weight is 958 g/mol. The molecule has 262 valence electrons. The standard InChI is InChI=1S/C32H30Br2Cl2IN3O9/c1-32(2,3)49-31(46)39-23-15-11-20(37)26(42)22(12-15)48-27-16(33)6-13(7-17(27)34)8-21(30(45)47-5)40(4)29(44)24(38-28(23)43)14-9-18(35)25(41)19(36)10-14/h6-7,9-12,21,23-24,41-42H,8H2,1-5H3,(H,38,43)(H,39,46)/t21-,23+,24+/m0/s1. The molecular formula is C32H30Br2Cl2IN3O9. The molecule has 0 fully saturated rings. The maximum Gasteiger partial charge on any atom is 0.408 e. The van der Waals surface area contributed by atoms with Crippen molar-refractivity contribution in [3.63, 3.8) is 0 Å². The van der Waals surface area contributed by atoms with E-state index in [2.05, 4.69) is 42.5 Å². The Balaban J connectivity index is 2.00. The van der Waals surface area contributed by atoms with Gasteiger partial charge in [-0.2, -0.15) is 0 Å². The van der Waals surface area contributed by atoms with Crippen LogP contribution in [0.25, 0.3) is 0 Å². The molecule has 0 saturated heterocycles. The lowest BCUT2D eigenvalue weighted by atomic mass is 9.99. The van der Waals surface area contributed by atoms with Crippen molar-refractivity contribution in [3.8, 4) is 23.0 Å². The summed E-state index contributed by atoms with van der Waals surface area (Å²) in [4.78, 5) is 56.0. The molecule has 49 heavy (non-hydrogen) atoms. The highest BCUT2D eigenvalue weighted by Gasteiger charge is 2.37. The number of phenols is 2. The summed E-state index contributed by atoms with van der Waals surface area (Å²) in [6.45, 7) is 4.92. The number of carbonyl (C=O) groups excluding carboxylic acids is 4. The number of methoxy groups -OCH3 is 1. The van der Waals surface area contributed by atoms with Crippen LogP contribution in [0.1, 0.15) is 49.5 Å². The van der Waals surface area contributed by atoms with Crippen molar-refractivity contribution in [1.29, 1.82) is 0 Å². The molecule has 3 aromatic carbocycles. The Hall–Kier alpha value is -2.99. The van der Waals surface area contributed by atoms with Gasteiger partial charge in [0, 0.05) is 13.5 Å². The Labute approximate surface area is 322 Å². The fourth-order valence-corrected chi connectivity index (χ4v) is 7.43. The van der Waals surface area contributed by atoms with E-state index in [4.69, 9.17) is 37.4 Å². The van der Waals surface area contributed by atoms with Gasteiger partial charge in [0.05, 0.1) is 29.7 Å². The predicted molar refractivity (Wildman–Crippen MR) is 196 cm³/mol. The third kappa shape index (κ3) is 9.03. The lowest BCUT2D eigenvalue weighted by molar-refractivity contribution is -0.152. The summed E-state index contributed by atoms with van der Waals surface area (Å²) in [5, 5.41) is 26.0. The monoisotopic (exact) mass is 955 g/mol. The third-order valence-corrected chi connectivity index (χ3v) is 9.78. The van der Waals surface area contributed by atoms with Crippen LogP contribution in [0.5, 0.6) is 23.0 Å². The molecule has 0 spiro atoms. The van der Waals surface area contributed by atoms with E-state index in [1.54, 1.807) is 32.9 Å². The van der Waals surface area contributed by atoms with E-state index < -0.39 is 53.4 Å². The summed E-state index contributed by atoms with van der Waals surface area (Å²) in [5.74, 6) is -2.96. The highest BCUT2D eigenvalue weighted by molar-refractivity contribution is 14.1. The minimum Gasteiger partial charge on any atom is -0.505 e. The smallest absolute Gasteiger partial charge is 0.408 e. The molecule has 4 bridgehead atoms. The number of rotatable bonds is 3. The number of fused-ring (bicyclic) bond motifs is 9. The quantitative estimate of drug-likeness (QED) is 0.156. The minimum atomic E-state index is -1.57. The number of carbonyl (C=O) groups is 4. The minimum absolute atomic E-state index is 0.0361. The molecule has 0 aliphatic carbocycles. The molecule has 3 aromatic rings. The molecule has 2 aliphatic rings. The van der Waals surface area contributed by atoms with Crippen LogP contribution in [0.3, 0.4) is 0 Å². The van der Waals surface area contributed by atoms with Crippen LogP contribution in [0.15, 0.2) is 45.3 Å². The van der Waals surface area contributed by atoms with E-state index in [1.165, 1.54) is 38.4 Å². The topological polar surface area (TPSA) is 164 Å². The number of nitrogens with zero attached hydrogens (tertiary/aromatic N) is 1. The molecule has 3 atom stereocenters. The summed E-state index contributed by atoms with van der Waals surface area (Å²) in [7, 11) is 2.54. The van der Waals surface area contributed by atoms with E-state index in [9.17, 15) is 29.4 Å². The first kappa shape index (κ1) is 38.8. The first-order valence-corrected chi connectivity index (χ1v) is 17.7. The van der Waals surface area contributed by atoms with E-state index in [0.29, 0.717) is 14.5 Å². The number of phenolic OH excluding ortho intramolecular Hbond substituents is 2. The van der Waals surface area contributed by atoms with Crippen molar-refractivity contribution in [2.75, 3.05) is 14.2 Å². The van der Waals surface area contributed by atoms with Crippen molar-refractivity contribution >= 4 is 102 Å². The number of nitrogens with one attached hydrogen (secondary N) is 2. The van der Waals surface area contributed by atoms with Gasteiger partial charge in [-0.15, -0.1) is 0 Å². The largest absolute Gasteiger partial charge is 0.505 e. The third-order valence-electron chi connectivity index (χ3n) is 7.20. The molecule has 0 unspecified atom stereocenters. The SMILES string of the molecule is COC(=O)[C@@H]1Cc2cc(Br)c(c(Br)c2)Oc2cc(cc(I)c2O)[C@@H](NC(=O)OC(C)(C)C)C(=O)N[C@H](c2cc(Cl)c(O)c(Cl)c2)C(=O)N1C. The van der Waals surface area contributed by atoms with Crippen molar-refractivity contribution in [2.24, 2.45) is 0 Å². The van der Waals surface area contributed by atoms with Crippen LogP contribution < -0.4 is 15.4 Å². The highest BCUT2D eigenvalue weighted by atomic mass is 127. The van der Waals surface area contributed by atoms with Crippen LogP contribution in [0, 0.1) is 3.57 Å². The Morgan fingerprint density at radius 2 is 1.61 bits per heavy atom. The second-order valence-corrected chi connectivity index (χ2v) is 15.6. The summed E-state index contributed by atoms with van der Waals surface area (Å²) in [6, 6.07) is 4.35. The highest BCUT2D eigenvalue weighted by Crippen LogP contribution is 2.44. The second kappa shape index (κ2) is 15.5. The molecule has 0 aromatic heterocycles. The van der Waals surface area contributed by atoms with E-state index in [1.807, 2.05) is 22.6 Å². The first-order valence-electron chi connectivity index (χ1n) is 14.3. The zero-order valence-corrected chi connectivity index (χ0v) is 33.3. The van der Waals surface area contributed by atoms with Gasteiger partial charge in [-0.1, -0.05) is 23.2 Å². The van der Waals surface area contributed by atoms with Crippen LogP contribution in [-0.4, -0.2) is 64.8 Å². The van der Waals surface area contributed by atoms with Gasteiger partial charge in [-0.05, 0) is 128 Å². The Morgan fingerprint density at radius 3 is 2.16 bits per heavy atom. The number of ether oxygens (including phenoxy) is 3. The van der Waals surface area contributed by atoms with Gasteiger partial charge < -0.3 is 40.0 Å². The average Bonchev–Trinajstić information content (AvgIpc) is 3.01. The lowest BCUT2D eigenvalue weighted by Gasteiger charge is -2.32. The number of esters is 1. The van der Waals surface area contributed by atoms with Gasteiger partial charge in [0.25, 0.3) is 0 Å². The Kier molecular flexibility index (Phi) is 12.3. The molecule has 0 radical (unpaired) electrons. The Bertz CT molecular complexity index is 1790. The van der Waals surface area contributed by atoms with Gasteiger partial charge in [0.1, 0.15) is 23.7 Å². The lowest BCUT2D eigenvalue weighted by Crippen LogP contribution is -2.51. The normalized spacial score (nSPS) is 18.4. The van der Waals surface area contributed by atoms with Crippen molar-refractivity contribution in [1.82, 2.24) is 15.5 Å². The number of likely N-dealkylation sites (N-methyl/N-ethyl adjacent to an activating group) is 1. The Morgan fingerprint density at radius 1 is 1.02 bits per heavy atom. The fourth-order valence-electron chi connectivity index (χ4n) is 4.86. The van der Waals surface area contributed by atoms with Gasteiger partial charge >= 0.3 is 12.1 Å². The zero-order chi connectivity index (χ0) is 36.5. The van der Waals surface area contributed by atoms with Gasteiger partial charge in [0.2, 0.25) is 11.8 Å². The molecular weight excluding hydrogens is 928 g/mol. The van der Waals surface area contributed by atoms with E-state index >= 15 is 0 Å². The number of hydrogen-bond donors (Lipinski definition) is 4. The molecule has 5 rings (SSSR count). The second-order valence-electron chi connectivity index (χ2n) is 11.9. The van der Waals surface area contributed by atoms with Crippen molar-refractivity contribution in [2.45, 2.75) is 50.9 Å². The molecule has 17 heteroatoms. The van der Waals surface area contributed by atoms with Crippen molar-refractivity contribution in [3.05, 3.63) is 75.6 Å². The van der Waals surface area contributed by atoms with Crippen LogP contribution >= 0.6 is 77.7 Å². The van der Waals surface area contributed by atoms with E-state index in [0.717, 1.165) is 4.90 Å². The maximum atomic E-state index is 14.4. The molecule has 12 nitrogen and oxygen atoms in total. The van der Waals surface area contributed by atoms with E-state index in [-0.39, 0.29) is 48.4 Å². The molecule has 3 amide bonds. The van der Waals surface area contributed by atoms with Crippen LogP contribution in [0.2, 0.25) is 10.0 Å². The number of hydrogen-bond acceptors (Lipinski definition) is 9.